The van der Waals surface area contributed by atoms with Gasteiger partial charge in [0.2, 0.25) is 0 Å². The zero-order valence-electron chi connectivity index (χ0n) is 8.09. The Hall–Kier alpha value is -0.200. The average Bonchev–Trinajstić information content (AvgIpc) is 2.14. The summed E-state index contributed by atoms with van der Waals surface area (Å²) in [6, 6.07) is 0. The normalized spacial score (nSPS) is 20.8. The molecule has 5 heteroatoms. The highest BCUT2D eigenvalue weighted by Crippen LogP contribution is 2.06. The van der Waals surface area contributed by atoms with E-state index in [0.29, 0.717) is 13.0 Å². The van der Waals surface area contributed by atoms with Crippen molar-refractivity contribution in [3.63, 3.8) is 0 Å². The van der Waals surface area contributed by atoms with Crippen molar-refractivity contribution in [1.82, 2.24) is 0 Å². The van der Waals surface area contributed by atoms with Crippen LogP contribution in [-0.2, 0) is 0 Å². The van der Waals surface area contributed by atoms with E-state index in [1.807, 2.05) is 0 Å². The summed E-state index contributed by atoms with van der Waals surface area (Å²) in [5, 5.41) is 38.8. The maximum atomic E-state index is 9.34. The maximum Gasteiger partial charge on any atom is 0.131 e. The average molecular weight is 194 g/mol. The summed E-state index contributed by atoms with van der Waals surface area (Å²) in [5.41, 5.74) is 0. The molecule has 5 nitrogen and oxygen atoms in total. The highest BCUT2D eigenvalue weighted by atomic mass is 16.4. The molecule has 0 saturated carbocycles. The van der Waals surface area contributed by atoms with E-state index in [2.05, 4.69) is 0 Å². The fourth-order valence-corrected chi connectivity index (χ4v) is 1.08. The van der Waals surface area contributed by atoms with Crippen LogP contribution >= 0.6 is 0 Å². The van der Waals surface area contributed by atoms with E-state index in [4.69, 9.17) is 0 Å². The van der Waals surface area contributed by atoms with Gasteiger partial charge in [0.05, 0.1) is 13.2 Å². The lowest BCUT2D eigenvalue weighted by atomic mass is 10.0. The molecule has 0 aliphatic rings. The summed E-state index contributed by atoms with van der Waals surface area (Å²) in [6.45, 7) is 1.99. The van der Waals surface area contributed by atoms with Gasteiger partial charge in [0.25, 0.3) is 0 Å². The summed E-state index contributed by atoms with van der Waals surface area (Å²) in [5.74, 6) is 0. The second-order valence-electron chi connectivity index (χ2n) is 3.17. The minimum Gasteiger partial charge on any atom is -0.390 e. The van der Waals surface area contributed by atoms with Crippen LogP contribution in [0, 0.1) is 0 Å². The minimum absolute atomic E-state index is 0.300. The lowest BCUT2D eigenvalue weighted by molar-refractivity contribution is -0.635. The summed E-state index contributed by atoms with van der Waals surface area (Å²) < 4.78 is 0. The zero-order chi connectivity index (χ0) is 10.4. The molecule has 0 aromatic carbocycles. The third-order valence-electron chi connectivity index (χ3n) is 2.03. The molecular formula is C8H20NO4+. The van der Waals surface area contributed by atoms with E-state index in [1.54, 1.807) is 19.3 Å². The lowest BCUT2D eigenvalue weighted by Crippen LogP contribution is -2.83. The first-order valence-electron chi connectivity index (χ1n) is 4.54. The smallest absolute Gasteiger partial charge is 0.131 e. The number of quaternary nitrogens is 1. The van der Waals surface area contributed by atoms with Crippen LogP contribution in [0.5, 0.6) is 0 Å². The molecule has 0 saturated heterocycles. The van der Waals surface area contributed by atoms with Crippen LogP contribution in [0.1, 0.15) is 13.3 Å². The molecular weight excluding hydrogens is 174 g/mol. The van der Waals surface area contributed by atoms with Gasteiger partial charge in [0.1, 0.15) is 24.9 Å². The van der Waals surface area contributed by atoms with Crippen molar-refractivity contribution in [2.45, 2.75) is 37.8 Å². The Balaban J connectivity index is 3.99. The van der Waals surface area contributed by atoms with Crippen LogP contribution in [0.2, 0.25) is 0 Å². The third-order valence-corrected chi connectivity index (χ3v) is 2.03. The van der Waals surface area contributed by atoms with Gasteiger partial charge < -0.3 is 25.7 Å². The largest absolute Gasteiger partial charge is 0.390 e. The molecule has 0 amide bonds. The molecule has 4 atom stereocenters. The van der Waals surface area contributed by atoms with Gasteiger partial charge >= 0.3 is 0 Å². The van der Waals surface area contributed by atoms with Gasteiger partial charge in [-0.15, -0.1) is 0 Å². The number of nitrogens with two attached hydrogens (primary N) is 1. The maximum absolute atomic E-state index is 9.34. The molecule has 0 aromatic rings. The number of hydrogen-bond donors (Lipinski definition) is 5. The molecule has 0 aliphatic carbocycles. The van der Waals surface area contributed by atoms with E-state index < -0.39 is 24.4 Å². The van der Waals surface area contributed by atoms with Gasteiger partial charge in [0, 0.05) is 0 Å². The predicted molar refractivity (Wildman–Crippen MR) is 47.0 cm³/mol. The number of likely N-dealkylation sites (N-methyl/N-ethyl adjacent to an activating group) is 1. The fraction of sp³-hybridized carbons (Fsp3) is 1.00. The zero-order valence-corrected chi connectivity index (χ0v) is 8.09. The molecule has 0 aliphatic heterocycles. The van der Waals surface area contributed by atoms with Crippen LogP contribution < -0.4 is 5.32 Å². The van der Waals surface area contributed by atoms with Crippen molar-refractivity contribution in [3.8, 4) is 0 Å². The molecule has 80 valence electrons. The van der Waals surface area contributed by atoms with Gasteiger partial charge in [-0.05, 0) is 6.42 Å². The quantitative estimate of drug-likeness (QED) is 0.312. The van der Waals surface area contributed by atoms with Crippen molar-refractivity contribution in [2.24, 2.45) is 0 Å². The Labute approximate surface area is 78.0 Å². The molecule has 4 unspecified atom stereocenters. The van der Waals surface area contributed by atoms with E-state index in [0.717, 1.165) is 0 Å². The van der Waals surface area contributed by atoms with Crippen LogP contribution in [0.3, 0.4) is 0 Å². The molecule has 0 aromatic heterocycles. The topological polar surface area (TPSA) is 97.5 Å². The van der Waals surface area contributed by atoms with Crippen molar-refractivity contribution < 1.29 is 25.7 Å². The molecule has 0 bridgehead atoms. The van der Waals surface area contributed by atoms with E-state index in [9.17, 15) is 20.4 Å². The van der Waals surface area contributed by atoms with Crippen LogP contribution in [0.4, 0.5) is 0 Å². The van der Waals surface area contributed by atoms with Crippen molar-refractivity contribution in [3.05, 3.63) is 0 Å². The monoisotopic (exact) mass is 194 g/mol. The van der Waals surface area contributed by atoms with E-state index >= 15 is 0 Å². The van der Waals surface area contributed by atoms with Crippen molar-refractivity contribution in [2.75, 3.05) is 13.6 Å². The lowest BCUT2D eigenvalue weighted by Gasteiger charge is -2.24. The predicted octanol–water partition coefficient (Wildman–Crippen LogP) is -2.97. The van der Waals surface area contributed by atoms with Crippen LogP contribution in [-0.4, -0.2) is 58.4 Å². The van der Waals surface area contributed by atoms with Crippen molar-refractivity contribution >= 4 is 0 Å². The first-order chi connectivity index (χ1) is 6.04. The summed E-state index contributed by atoms with van der Waals surface area (Å²) in [4.78, 5) is 0. The Morgan fingerprint density at radius 2 is 1.46 bits per heavy atom. The Bertz CT molecular complexity index is 133. The van der Waals surface area contributed by atoms with Crippen LogP contribution in [0.25, 0.3) is 0 Å². The second kappa shape index (κ2) is 6.28. The molecule has 0 fully saturated rings. The van der Waals surface area contributed by atoms with Crippen LogP contribution in [0.15, 0.2) is 0 Å². The van der Waals surface area contributed by atoms with Gasteiger partial charge in [-0.25, -0.2) is 0 Å². The van der Waals surface area contributed by atoms with E-state index in [1.165, 1.54) is 0 Å². The number of aliphatic hydroxyl groups excluding tert-OH is 4. The number of aliphatic hydroxyl groups is 4. The van der Waals surface area contributed by atoms with Crippen molar-refractivity contribution in [1.29, 1.82) is 0 Å². The minimum atomic E-state index is -1.29. The van der Waals surface area contributed by atoms with Gasteiger partial charge in [-0.1, -0.05) is 6.92 Å². The standard InChI is InChI=1S/C8H19NO4/c1-3-5(10)7(12)8(13)6(11)4-9-2/h5-13H,3-4H2,1-2H3/p+1. The van der Waals surface area contributed by atoms with Gasteiger partial charge in [-0.2, -0.15) is 0 Å². The molecule has 6 N–H and O–H groups in total. The highest BCUT2D eigenvalue weighted by molar-refractivity contribution is 4.79. The van der Waals surface area contributed by atoms with Gasteiger partial charge in [0.15, 0.2) is 0 Å². The first kappa shape index (κ1) is 12.8. The Morgan fingerprint density at radius 3 is 1.85 bits per heavy atom. The Morgan fingerprint density at radius 1 is 1.00 bits per heavy atom. The Kier molecular flexibility index (Phi) is 6.19. The summed E-state index contributed by atoms with van der Waals surface area (Å²) in [6.07, 6.45) is -4.21. The number of hydrogen-bond acceptors (Lipinski definition) is 4. The van der Waals surface area contributed by atoms with Gasteiger partial charge in [-0.3, -0.25) is 0 Å². The second-order valence-corrected chi connectivity index (χ2v) is 3.17. The highest BCUT2D eigenvalue weighted by Gasteiger charge is 2.29. The SMILES string of the molecule is CCC(O)C(O)C(O)C(O)C[NH2+]C. The third kappa shape index (κ3) is 4.02. The van der Waals surface area contributed by atoms with E-state index in [-0.39, 0.29) is 0 Å². The molecule has 0 heterocycles. The summed E-state index contributed by atoms with van der Waals surface area (Å²) >= 11 is 0. The molecule has 0 rings (SSSR count). The fourth-order valence-electron chi connectivity index (χ4n) is 1.08. The molecule has 0 spiro atoms. The molecule has 13 heavy (non-hydrogen) atoms. The first-order valence-corrected chi connectivity index (χ1v) is 4.54. The molecule has 0 radical (unpaired) electrons. The number of rotatable bonds is 6. The summed E-state index contributed by atoms with van der Waals surface area (Å²) in [7, 11) is 1.75.